The first-order chi connectivity index (χ1) is 11.8. The summed E-state index contributed by atoms with van der Waals surface area (Å²) in [5.74, 6) is 0. The van der Waals surface area contributed by atoms with E-state index in [9.17, 15) is 8.42 Å². The van der Waals surface area contributed by atoms with Gasteiger partial charge in [0.05, 0.1) is 9.80 Å². The molecule has 2 nitrogen and oxygen atoms in total. The number of aryl methyl sites for hydroxylation is 4. The van der Waals surface area contributed by atoms with E-state index in [1.54, 1.807) is 34.8 Å². The predicted molar refractivity (Wildman–Crippen MR) is 107 cm³/mol. The normalized spacial score (nSPS) is 15.7. The topological polar surface area (TPSA) is 34.1 Å². The van der Waals surface area contributed by atoms with Gasteiger partial charge in [0.15, 0.2) is 0 Å². The second-order valence-electron chi connectivity index (χ2n) is 6.36. The molecule has 0 bridgehead atoms. The Bertz CT molecular complexity index is 1140. The summed E-state index contributed by atoms with van der Waals surface area (Å²) in [7, 11) is -3.52. The summed E-state index contributed by atoms with van der Waals surface area (Å²) >= 11 is 3.36. The second kappa shape index (κ2) is 5.66. The molecule has 3 aromatic rings. The van der Waals surface area contributed by atoms with Gasteiger partial charge in [-0.15, -0.1) is 22.7 Å². The first-order valence-corrected chi connectivity index (χ1v) is 11.2. The van der Waals surface area contributed by atoms with Gasteiger partial charge in [-0.3, -0.25) is 0 Å². The van der Waals surface area contributed by atoms with Crippen LogP contribution >= 0.6 is 22.7 Å². The summed E-state index contributed by atoms with van der Waals surface area (Å²) in [6, 6.07) is 11.5. The molecule has 128 valence electrons. The predicted octanol–water partition coefficient (Wildman–Crippen LogP) is 5.75. The lowest BCUT2D eigenvalue weighted by Crippen LogP contribution is -2.00. The Morgan fingerprint density at radius 3 is 1.88 bits per heavy atom. The summed E-state index contributed by atoms with van der Waals surface area (Å²) < 4.78 is 26.8. The zero-order valence-electron chi connectivity index (χ0n) is 14.5. The van der Waals surface area contributed by atoms with Gasteiger partial charge in [0.25, 0.3) is 0 Å². The Morgan fingerprint density at radius 1 is 0.760 bits per heavy atom. The Labute approximate surface area is 156 Å². The van der Waals surface area contributed by atoms with E-state index in [0.717, 1.165) is 36.9 Å². The van der Waals surface area contributed by atoms with Crippen molar-refractivity contribution >= 4 is 43.0 Å². The fourth-order valence-electron chi connectivity index (χ4n) is 3.56. The van der Waals surface area contributed by atoms with E-state index in [4.69, 9.17) is 0 Å². The molecule has 25 heavy (non-hydrogen) atoms. The van der Waals surface area contributed by atoms with Crippen molar-refractivity contribution < 1.29 is 8.42 Å². The molecule has 1 aromatic carbocycles. The van der Waals surface area contributed by atoms with Crippen molar-refractivity contribution in [3.8, 4) is 0 Å². The quantitative estimate of drug-likeness (QED) is 0.562. The maximum absolute atomic E-state index is 13.4. The number of fused-ring (bicyclic) bond motifs is 1. The van der Waals surface area contributed by atoms with Gasteiger partial charge in [-0.05, 0) is 51.5 Å². The lowest BCUT2D eigenvalue weighted by atomic mass is 9.96. The summed E-state index contributed by atoms with van der Waals surface area (Å²) in [6.45, 7) is 8.16. The Hall–Kier alpha value is -1.69. The number of hydrogen-bond acceptors (Lipinski definition) is 4. The van der Waals surface area contributed by atoms with Crippen LogP contribution in [-0.4, -0.2) is 8.42 Å². The van der Waals surface area contributed by atoms with Crippen molar-refractivity contribution in [1.29, 1.82) is 0 Å². The van der Waals surface area contributed by atoms with Crippen LogP contribution in [0, 0.1) is 27.7 Å². The van der Waals surface area contributed by atoms with Crippen LogP contribution in [0.4, 0.5) is 0 Å². The van der Waals surface area contributed by atoms with Crippen LogP contribution < -0.4 is 0 Å². The second-order valence-corrected chi connectivity index (χ2v) is 11.1. The van der Waals surface area contributed by atoms with Crippen LogP contribution in [-0.2, 0) is 9.84 Å². The molecular weight excluding hydrogens is 368 g/mol. The molecule has 5 heteroatoms. The van der Waals surface area contributed by atoms with Gasteiger partial charge in [-0.25, -0.2) is 8.42 Å². The molecule has 1 aliphatic rings. The molecule has 0 saturated carbocycles. The molecule has 2 aromatic heterocycles. The fraction of sp³-hybridized carbons (Fsp3) is 0.200. The minimum absolute atomic E-state index is 0.423. The molecule has 0 saturated heterocycles. The van der Waals surface area contributed by atoms with Crippen LogP contribution in [0.5, 0.6) is 0 Å². The van der Waals surface area contributed by atoms with Gasteiger partial charge in [0.2, 0.25) is 9.84 Å². The highest BCUT2D eigenvalue weighted by Crippen LogP contribution is 2.50. The van der Waals surface area contributed by atoms with Crippen molar-refractivity contribution in [2.45, 2.75) is 32.6 Å². The summed E-state index contributed by atoms with van der Waals surface area (Å²) in [5, 5.41) is 0. The molecule has 1 aliphatic heterocycles. The number of thiophene rings is 2. The molecule has 0 spiro atoms. The molecule has 0 N–H and O–H groups in total. The molecule has 4 rings (SSSR count). The summed E-state index contributed by atoms with van der Waals surface area (Å²) in [5.41, 5.74) is 3.56. The highest BCUT2D eigenvalue weighted by Gasteiger charge is 2.38. The summed E-state index contributed by atoms with van der Waals surface area (Å²) in [4.78, 5) is 5.42. The third-order valence-corrected chi connectivity index (χ3v) is 8.37. The molecule has 0 fully saturated rings. The van der Waals surface area contributed by atoms with E-state index in [1.807, 2.05) is 32.0 Å². The maximum atomic E-state index is 13.4. The molecule has 0 aliphatic carbocycles. The highest BCUT2D eigenvalue weighted by atomic mass is 32.2. The zero-order valence-corrected chi connectivity index (χ0v) is 17.0. The van der Waals surface area contributed by atoms with E-state index in [1.165, 1.54) is 4.88 Å². The Balaban J connectivity index is 2.17. The molecule has 3 heterocycles. The monoisotopic (exact) mass is 386 g/mol. The summed E-state index contributed by atoms with van der Waals surface area (Å²) in [6.07, 6.45) is 0. The fourth-order valence-corrected chi connectivity index (χ4v) is 7.41. The average molecular weight is 387 g/mol. The van der Waals surface area contributed by atoms with Crippen LogP contribution in [0.1, 0.15) is 36.2 Å². The molecule has 0 amide bonds. The third kappa shape index (κ3) is 2.45. The Kier molecular flexibility index (Phi) is 3.79. The van der Waals surface area contributed by atoms with E-state index in [2.05, 4.69) is 19.9 Å². The van der Waals surface area contributed by atoms with Crippen LogP contribution in [0.3, 0.4) is 0 Å². The lowest BCUT2D eigenvalue weighted by molar-refractivity contribution is 0.606. The van der Waals surface area contributed by atoms with Gasteiger partial charge in [-0.2, -0.15) is 0 Å². The largest absolute Gasteiger partial charge is 0.218 e. The standard InChI is InChI=1S/C20H18O2S3/c1-11-9-16(13(3)23-11)19-15-7-5-6-8-18(15)25(21,22)20(19)17-10-12(2)24-14(17)4/h5-10H,1-4H3. The van der Waals surface area contributed by atoms with E-state index in [0.29, 0.717) is 9.80 Å². The van der Waals surface area contributed by atoms with Gasteiger partial charge < -0.3 is 0 Å². The van der Waals surface area contributed by atoms with Crippen molar-refractivity contribution in [1.82, 2.24) is 0 Å². The molecule has 0 unspecified atom stereocenters. The van der Waals surface area contributed by atoms with Crippen molar-refractivity contribution in [2.24, 2.45) is 0 Å². The van der Waals surface area contributed by atoms with Crippen LogP contribution in [0.15, 0.2) is 41.3 Å². The van der Waals surface area contributed by atoms with E-state index >= 15 is 0 Å². The number of sulfone groups is 1. The van der Waals surface area contributed by atoms with Gasteiger partial charge in [0.1, 0.15) is 0 Å². The van der Waals surface area contributed by atoms with Gasteiger partial charge in [0, 0.05) is 36.2 Å². The van der Waals surface area contributed by atoms with Crippen molar-refractivity contribution in [3.05, 3.63) is 72.6 Å². The molecular formula is C20H18O2S3. The maximum Gasteiger partial charge on any atom is 0.208 e. The zero-order chi connectivity index (χ0) is 17.9. The molecule has 0 radical (unpaired) electrons. The molecule has 0 atom stereocenters. The number of rotatable bonds is 2. The lowest BCUT2D eigenvalue weighted by Gasteiger charge is -2.07. The van der Waals surface area contributed by atoms with Crippen molar-refractivity contribution in [2.75, 3.05) is 0 Å². The van der Waals surface area contributed by atoms with Gasteiger partial charge in [-0.1, -0.05) is 18.2 Å². The smallest absolute Gasteiger partial charge is 0.208 e. The van der Waals surface area contributed by atoms with Crippen LogP contribution in [0.25, 0.3) is 10.5 Å². The first-order valence-electron chi connectivity index (χ1n) is 8.04. The third-order valence-electron chi connectivity index (χ3n) is 4.54. The van der Waals surface area contributed by atoms with E-state index < -0.39 is 9.84 Å². The van der Waals surface area contributed by atoms with Gasteiger partial charge >= 0.3 is 0 Å². The first kappa shape index (κ1) is 16.8. The average Bonchev–Trinajstić information content (AvgIpc) is 3.12. The SMILES string of the molecule is Cc1cc(C2=C(c3cc(C)sc3C)S(=O)(=O)c3ccccc32)c(C)s1. The number of benzene rings is 1. The van der Waals surface area contributed by atoms with Crippen molar-refractivity contribution in [3.63, 3.8) is 0 Å². The highest BCUT2D eigenvalue weighted by molar-refractivity contribution is 8.01. The van der Waals surface area contributed by atoms with Crippen LogP contribution in [0.2, 0.25) is 0 Å². The minimum Gasteiger partial charge on any atom is -0.218 e. The number of hydrogen-bond donors (Lipinski definition) is 0. The van der Waals surface area contributed by atoms with E-state index in [-0.39, 0.29) is 0 Å². The Morgan fingerprint density at radius 2 is 1.32 bits per heavy atom. The minimum atomic E-state index is -3.52.